The largest absolute Gasteiger partial charge is 0.307 e. The van der Waals surface area contributed by atoms with E-state index in [1.165, 1.54) is 4.90 Å². The lowest BCUT2D eigenvalue weighted by molar-refractivity contribution is -0.141. The molecule has 0 aliphatic carbocycles. The third-order valence-corrected chi connectivity index (χ3v) is 7.86. The fourth-order valence-corrected chi connectivity index (χ4v) is 5.88. The second-order valence-corrected chi connectivity index (χ2v) is 10.4. The minimum atomic E-state index is -1.24. The van der Waals surface area contributed by atoms with Gasteiger partial charge in [0.1, 0.15) is 0 Å². The highest BCUT2D eigenvalue weighted by Crippen LogP contribution is 2.52. The molecule has 3 aromatic carbocycles. The Bertz CT molecular complexity index is 1310. The molecule has 5 rings (SSSR count). The molecular formula is C28H24BrClN2O3. The summed E-state index contributed by atoms with van der Waals surface area (Å²) in [6.07, 6.45) is 0.291. The van der Waals surface area contributed by atoms with E-state index in [0.29, 0.717) is 23.6 Å². The quantitative estimate of drug-likeness (QED) is 0.379. The van der Waals surface area contributed by atoms with E-state index in [4.69, 9.17) is 11.6 Å². The van der Waals surface area contributed by atoms with Gasteiger partial charge in [0, 0.05) is 28.1 Å². The van der Waals surface area contributed by atoms with E-state index < -0.39 is 11.3 Å². The number of likely N-dealkylation sites (tertiary alicyclic amines) is 1. The molecule has 2 heterocycles. The van der Waals surface area contributed by atoms with Crippen LogP contribution in [0.2, 0.25) is 5.02 Å². The molecule has 2 aliphatic heterocycles. The Morgan fingerprint density at radius 1 is 0.943 bits per heavy atom. The zero-order valence-electron chi connectivity index (χ0n) is 19.2. The second-order valence-electron chi connectivity index (χ2n) is 9.05. The van der Waals surface area contributed by atoms with Gasteiger partial charge >= 0.3 is 0 Å². The average Bonchev–Trinajstić information content (AvgIpc) is 3.26. The fourth-order valence-electron chi connectivity index (χ4n) is 5.44. The van der Waals surface area contributed by atoms with Gasteiger partial charge in [0.25, 0.3) is 0 Å². The molecule has 1 saturated heterocycles. The third-order valence-electron chi connectivity index (χ3n) is 7.09. The molecule has 178 valence electrons. The maximum absolute atomic E-state index is 14.5. The van der Waals surface area contributed by atoms with Gasteiger partial charge in [-0.3, -0.25) is 19.3 Å². The van der Waals surface area contributed by atoms with Crippen LogP contribution in [-0.2, 0) is 32.8 Å². The van der Waals surface area contributed by atoms with Crippen LogP contribution in [0.15, 0.2) is 77.3 Å². The van der Waals surface area contributed by atoms with Crippen molar-refractivity contribution in [3.63, 3.8) is 0 Å². The van der Waals surface area contributed by atoms with Crippen LogP contribution in [0.25, 0.3) is 0 Å². The van der Waals surface area contributed by atoms with Crippen LogP contribution in [0.3, 0.4) is 0 Å². The number of anilines is 1. The summed E-state index contributed by atoms with van der Waals surface area (Å²) in [5.74, 6) is -1.51. The van der Waals surface area contributed by atoms with E-state index in [2.05, 4.69) is 15.9 Å². The van der Waals surface area contributed by atoms with Gasteiger partial charge in [-0.05, 0) is 60.4 Å². The molecule has 0 saturated carbocycles. The van der Waals surface area contributed by atoms with Crippen LogP contribution in [0, 0.1) is 5.92 Å². The van der Waals surface area contributed by atoms with Crippen LogP contribution < -0.4 is 4.90 Å². The zero-order chi connectivity index (χ0) is 24.7. The molecule has 0 spiro atoms. The summed E-state index contributed by atoms with van der Waals surface area (Å²) in [7, 11) is 0. The predicted octanol–water partition coefficient (Wildman–Crippen LogP) is 5.52. The number of amides is 3. The van der Waals surface area contributed by atoms with Crippen molar-refractivity contribution in [1.29, 1.82) is 0 Å². The topological polar surface area (TPSA) is 57.7 Å². The summed E-state index contributed by atoms with van der Waals surface area (Å²) >= 11 is 9.93. The highest BCUT2D eigenvalue weighted by Gasteiger charge is 2.61. The third kappa shape index (κ3) is 3.99. The number of hydrogen-bond acceptors (Lipinski definition) is 3. The van der Waals surface area contributed by atoms with Gasteiger partial charge in [0.15, 0.2) is 0 Å². The molecule has 2 aliphatic rings. The summed E-state index contributed by atoms with van der Waals surface area (Å²) in [5.41, 5.74) is 2.09. The monoisotopic (exact) mass is 550 g/mol. The van der Waals surface area contributed by atoms with Gasteiger partial charge in [0.2, 0.25) is 17.7 Å². The Morgan fingerprint density at radius 2 is 1.66 bits per heavy atom. The number of imide groups is 1. The van der Waals surface area contributed by atoms with Crippen LogP contribution in [0.1, 0.15) is 30.0 Å². The maximum atomic E-state index is 14.5. The van der Waals surface area contributed by atoms with Crippen molar-refractivity contribution >= 4 is 50.9 Å². The zero-order valence-corrected chi connectivity index (χ0v) is 21.6. The molecule has 0 aromatic heterocycles. The van der Waals surface area contributed by atoms with Crippen molar-refractivity contribution in [3.05, 3.63) is 99.0 Å². The summed E-state index contributed by atoms with van der Waals surface area (Å²) in [6.45, 7) is 2.43. The van der Waals surface area contributed by atoms with Crippen LogP contribution >= 0.6 is 27.5 Å². The van der Waals surface area contributed by atoms with E-state index in [0.717, 1.165) is 21.3 Å². The molecule has 0 radical (unpaired) electrons. The van der Waals surface area contributed by atoms with Gasteiger partial charge in [0.05, 0.1) is 17.9 Å². The molecule has 7 heteroatoms. The summed E-state index contributed by atoms with van der Waals surface area (Å²) in [4.78, 5) is 43.9. The molecule has 0 bridgehead atoms. The summed E-state index contributed by atoms with van der Waals surface area (Å²) < 4.78 is 0.923. The lowest BCUT2D eigenvalue weighted by Crippen LogP contribution is -2.49. The number of hydrogen-bond donors (Lipinski definition) is 0. The summed E-state index contributed by atoms with van der Waals surface area (Å²) in [5, 5.41) is 0.488. The van der Waals surface area contributed by atoms with E-state index in [9.17, 15) is 14.4 Å². The lowest BCUT2D eigenvalue weighted by Gasteiger charge is -2.33. The number of carbonyl (C=O) groups excluding carboxylic acids is 3. The normalized spacial score (nSPS) is 21.7. The molecular weight excluding hydrogens is 528 g/mol. The second kappa shape index (κ2) is 9.25. The van der Waals surface area contributed by atoms with E-state index in [1.807, 2.05) is 60.7 Å². The first-order valence-electron chi connectivity index (χ1n) is 11.6. The molecule has 3 amide bonds. The average molecular weight is 552 g/mol. The highest BCUT2D eigenvalue weighted by atomic mass is 79.9. The first-order chi connectivity index (χ1) is 16.8. The SMILES string of the molecule is CCN1C(=O)C[C@H]([C@]2(Cc3ccc(Br)cc3)C(=O)N(Cc3ccccc3)c3ccc(Cl)cc32)C1=O. The van der Waals surface area contributed by atoms with E-state index >= 15 is 0 Å². The minimum absolute atomic E-state index is 0.0000711. The van der Waals surface area contributed by atoms with Gasteiger partial charge in [-0.15, -0.1) is 0 Å². The standard InChI is InChI=1S/C28H24BrClN2O3/c1-2-31-25(33)15-23(26(31)34)28(16-18-8-10-20(29)11-9-18)22-14-21(30)12-13-24(22)32(27(28)35)17-19-6-4-3-5-7-19/h3-14,23H,2,15-17H2,1H3/t23-,28+/m0/s1. The number of carbonyl (C=O) groups is 3. The molecule has 5 nitrogen and oxygen atoms in total. The van der Waals surface area contributed by atoms with Crippen LogP contribution in [-0.4, -0.2) is 29.2 Å². The molecule has 3 aromatic rings. The number of fused-ring (bicyclic) bond motifs is 1. The van der Waals surface area contributed by atoms with Crippen LogP contribution in [0.4, 0.5) is 5.69 Å². The van der Waals surface area contributed by atoms with Crippen molar-refractivity contribution in [2.45, 2.75) is 31.7 Å². The molecule has 0 N–H and O–H groups in total. The Labute approximate surface area is 217 Å². The Kier molecular flexibility index (Phi) is 6.28. The first kappa shape index (κ1) is 23.8. The van der Waals surface area contributed by atoms with Crippen molar-refractivity contribution in [2.24, 2.45) is 5.92 Å². The van der Waals surface area contributed by atoms with E-state index in [1.54, 1.807) is 24.0 Å². The van der Waals surface area contributed by atoms with Gasteiger partial charge in [-0.1, -0.05) is 70.0 Å². The minimum Gasteiger partial charge on any atom is -0.307 e. The Balaban J connectivity index is 1.70. The summed E-state index contributed by atoms with van der Waals surface area (Å²) in [6, 6.07) is 22.9. The number of rotatable bonds is 6. The first-order valence-corrected chi connectivity index (χ1v) is 12.8. The van der Waals surface area contributed by atoms with Crippen molar-refractivity contribution in [2.75, 3.05) is 11.4 Å². The lowest BCUT2D eigenvalue weighted by atomic mass is 9.66. The number of halogens is 2. The molecule has 0 unspecified atom stereocenters. The van der Waals surface area contributed by atoms with E-state index in [-0.39, 0.29) is 30.7 Å². The number of benzene rings is 3. The van der Waals surface area contributed by atoms with Gasteiger partial charge in [-0.25, -0.2) is 0 Å². The Hall–Kier alpha value is -2.96. The number of nitrogens with zero attached hydrogens (tertiary/aromatic N) is 2. The van der Waals surface area contributed by atoms with Crippen molar-refractivity contribution < 1.29 is 14.4 Å². The fraction of sp³-hybridized carbons (Fsp3) is 0.250. The smallest absolute Gasteiger partial charge is 0.239 e. The molecule has 35 heavy (non-hydrogen) atoms. The molecule has 2 atom stereocenters. The molecule has 1 fully saturated rings. The van der Waals surface area contributed by atoms with Crippen LogP contribution in [0.5, 0.6) is 0 Å². The van der Waals surface area contributed by atoms with Crippen molar-refractivity contribution in [1.82, 2.24) is 4.90 Å². The van der Waals surface area contributed by atoms with Crippen molar-refractivity contribution in [3.8, 4) is 0 Å². The maximum Gasteiger partial charge on any atom is 0.239 e. The van der Waals surface area contributed by atoms with Gasteiger partial charge < -0.3 is 4.90 Å². The highest BCUT2D eigenvalue weighted by molar-refractivity contribution is 9.10. The van der Waals surface area contributed by atoms with Gasteiger partial charge in [-0.2, -0.15) is 0 Å². The predicted molar refractivity (Wildman–Crippen MR) is 139 cm³/mol. The Morgan fingerprint density at radius 3 is 2.31 bits per heavy atom.